The summed E-state index contributed by atoms with van der Waals surface area (Å²) in [5.74, 6) is 0. The van der Waals surface area contributed by atoms with E-state index in [0.717, 1.165) is 6.42 Å². The van der Waals surface area contributed by atoms with E-state index in [9.17, 15) is 0 Å². The summed E-state index contributed by atoms with van der Waals surface area (Å²) in [6.45, 7) is 0. The number of para-hydroxylation sites is 3. The molecule has 0 fully saturated rings. The zero-order valence-corrected chi connectivity index (χ0v) is 16.1. The van der Waals surface area contributed by atoms with Crippen LogP contribution in [0.25, 0.3) is 21.8 Å². The predicted molar refractivity (Wildman–Crippen MR) is 121 cm³/mol. The van der Waals surface area contributed by atoms with Crippen molar-refractivity contribution < 1.29 is 0 Å². The van der Waals surface area contributed by atoms with Crippen molar-refractivity contribution in [1.29, 1.82) is 0 Å². The SMILES string of the molecule is c1ccc([C@@H]2C[C@H](n3c4ccccc4c4ccccc43)c3ccccc3N2)cc1. The van der Waals surface area contributed by atoms with E-state index in [1.807, 2.05) is 0 Å². The molecule has 140 valence electrons. The molecule has 2 atom stereocenters. The molecule has 5 aromatic rings. The van der Waals surface area contributed by atoms with Crippen molar-refractivity contribution in [3.05, 3.63) is 114 Å². The van der Waals surface area contributed by atoms with Crippen molar-refractivity contribution in [3.63, 3.8) is 0 Å². The molecule has 2 heteroatoms. The van der Waals surface area contributed by atoms with Gasteiger partial charge in [0.2, 0.25) is 0 Å². The second-order valence-corrected chi connectivity index (χ2v) is 7.85. The van der Waals surface area contributed by atoms with E-state index in [1.165, 1.54) is 38.6 Å². The summed E-state index contributed by atoms with van der Waals surface area (Å²) in [6, 6.07) is 37.8. The van der Waals surface area contributed by atoms with Crippen LogP contribution < -0.4 is 5.32 Å². The average molecular weight is 374 g/mol. The summed E-state index contributed by atoms with van der Waals surface area (Å²) in [5, 5.41) is 6.45. The van der Waals surface area contributed by atoms with E-state index in [1.54, 1.807) is 0 Å². The van der Waals surface area contributed by atoms with Crippen molar-refractivity contribution in [2.45, 2.75) is 18.5 Å². The topological polar surface area (TPSA) is 17.0 Å². The number of rotatable bonds is 2. The van der Waals surface area contributed by atoms with E-state index >= 15 is 0 Å². The van der Waals surface area contributed by atoms with Gasteiger partial charge < -0.3 is 9.88 Å². The van der Waals surface area contributed by atoms with Crippen molar-refractivity contribution in [2.24, 2.45) is 0 Å². The van der Waals surface area contributed by atoms with Crippen LogP contribution in [-0.4, -0.2) is 4.57 Å². The van der Waals surface area contributed by atoms with Crippen LogP contribution in [-0.2, 0) is 0 Å². The molecule has 0 radical (unpaired) electrons. The lowest BCUT2D eigenvalue weighted by atomic mass is 9.89. The first-order valence-electron chi connectivity index (χ1n) is 10.3. The van der Waals surface area contributed by atoms with Gasteiger partial charge >= 0.3 is 0 Å². The lowest BCUT2D eigenvalue weighted by Gasteiger charge is -2.35. The molecule has 0 amide bonds. The molecule has 0 saturated heterocycles. The molecule has 2 nitrogen and oxygen atoms in total. The summed E-state index contributed by atoms with van der Waals surface area (Å²) in [4.78, 5) is 0. The second-order valence-electron chi connectivity index (χ2n) is 7.85. The van der Waals surface area contributed by atoms with Gasteiger partial charge in [0, 0.05) is 27.5 Å². The summed E-state index contributed by atoms with van der Waals surface area (Å²) < 4.78 is 2.56. The van der Waals surface area contributed by atoms with Gasteiger partial charge in [-0.2, -0.15) is 0 Å². The maximum absolute atomic E-state index is 3.79. The van der Waals surface area contributed by atoms with Gasteiger partial charge in [-0.15, -0.1) is 0 Å². The molecular formula is C27H22N2. The first-order valence-corrected chi connectivity index (χ1v) is 10.3. The molecule has 1 N–H and O–H groups in total. The summed E-state index contributed by atoms with van der Waals surface area (Å²) >= 11 is 0. The Morgan fingerprint density at radius 1 is 0.621 bits per heavy atom. The second kappa shape index (κ2) is 6.52. The third-order valence-electron chi connectivity index (χ3n) is 6.24. The van der Waals surface area contributed by atoms with E-state index in [-0.39, 0.29) is 12.1 Å². The van der Waals surface area contributed by atoms with E-state index in [2.05, 4.69) is 113 Å². The van der Waals surface area contributed by atoms with Crippen LogP contribution in [0, 0.1) is 0 Å². The largest absolute Gasteiger partial charge is 0.378 e. The number of aromatic nitrogens is 1. The Morgan fingerprint density at radius 3 is 1.93 bits per heavy atom. The quantitative estimate of drug-likeness (QED) is 0.354. The van der Waals surface area contributed by atoms with Crippen LogP contribution in [0.15, 0.2) is 103 Å². The van der Waals surface area contributed by atoms with Gasteiger partial charge in [-0.05, 0) is 35.7 Å². The summed E-state index contributed by atoms with van der Waals surface area (Å²) in [5.41, 5.74) is 6.56. The Morgan fingerprint density at radius 2 is 1.21 bits per heavy atom. The lowest BCUT2D eigenvalue weighted by Crippen LogP contribution is -2.25. The van der Waals surface area contributed by atoms with Crippen molar-refractivity contribution in [3.8, 4) is 0 Å². The molecular weight excluding hydrogens is 352 g/mol. The number of nitrogens with zero attached hydrogens (tertiary/aromatic N) is 1. The monoisotopic (exact) mass is 374 g/mol. The van der Waals surface area contributed by atoms with Gasteiger partial charge in [-0.25, -0.2) is 0 Å². The molecule has 1 aliphatic heterocycles. The fourth-order valence-corrected chi connectivity index (χ4v) is 4.95. The average Bonchev–Trinajstić information content (AvgIpc) is 3.13. The van der Waals surface area contributed by atoms with Crippen molar-refractivity contribution in [2.75, 3.05) is 5.32 Å². The zero-order valence-electron chi connectivity index (χ0n) is 16.1. The van der Waals surface area contributed by atoms with Gasteiger partial charge in [0.1, 0.15) is 0 Å². The fourth-order valence-electron chi connectivity index (χ4n) is 4.95. The molecule has 1 aliphatic rings. The smallest absolute Gasteiger partial charge is 0.0635 e. The highest BCUT2D eigenvalue weighted by Gasteiger charge is 2.30. The van der Waals surface area contributed by atoms with Crippen LogP contribution in [0.3, 0.4) is 0 Å². The molecule has 0 aliphatic carbocycles. The van der Waals surface area contributed by atoms with Crippen LogP contribution in [0.2, 0.25) is 0 Å². The highest BCUT2D eigenvalue weighted by Crippen LogP contribution is 2.44. The summed E-state index contributed by atoms with van der Waals surface area (Å²) in [7, 11) is 0. The number of hydrogen-bond donors (Lipinski definition) is 1. The van der Waals surface area contributed by atoms with E-state index < -0.39 is 0 Å². The number of nitrogens with one attached hydrogen (secondary N) is 1. The highest BCUT2D eigenvalue weighted by atomic mass is 15.1. The molecule has 2 heterocycles. The van der Waals surface area contributed by atoms with Gasteiger partial charge in [0.15, 0.2) is 0 Å². The van der Waals surface area contributed by atoms with E-state index in [0.29, 0.717) is 0 Å². The number of benzene rings is 4. The fraction of sp³-hybridized carbons (Fsp3) is 0.111. The lowest BCUT2D eigenvalue weighted by molar-refractivity contribution is 0.505. The predicted octanol–water partition coefficient (Wildman–Crippen LogP) is 6.94. The first-order chi connectivity index (χ1) is 14.4. The van der Waals surface area contributed by atoms with Gasteiger partial charge in [-0.1, -0.05) is 84.9 Å². The maximum atomic E-state index is 3.79. The Bertz CT molecular complexity index is 1260. The Kier molecular flexibility index (Phi) is 3.70. The Labute approximate surface area is 170 Å². The number of hydrogen-bond acceptors (Lipinski definition) is 1. The third kappa shape index (κ3) is 2.56. The standard InChI is InChI=1S/C27H22N2/c1-2-10-19(11-3-1)24-18-27(22-14-4-7-15-23(22)28-24)29-25-16-8-5-12-20(25)21-13-6-9-17-26(21)29/h1-17,24,27-28H,18H2/t24-,27-/m0/s1. The molecule has 6 rings (SSSR count). The molecule has 1 aromatic heterocycles. The third-order valence-corrected chi connectivity index (χ3v) is 6.24. The Hall–Kier alpha value is -3.52. The zero-order chi connectivity index (χ0) is 19.2. The highest BCUT2D eigenvalue weighted by molar-refractivity contribution is 6.08. The van der Waals surface area contributed by atoms with E-state index in [4.69, 9.17) is 0 Å². The van der Waals surface area contributed by atoms with Crippen LogP contribution >= 0.6 is 0 Å². The number of anilines is 1. The molecule has 29 heavy (non-hydrogen) atoms. The van der Waals surface area contributed by atoms with Crippen molar-refractivity contribution >= 4 is 27.5 Å². The first kappa shape index (κ1) is 16.4. The van der Waals surface area contributed by atoms with Gasteiger partial charge in [0.05, 0.1) is 12.1 Å². The summed E-state index contributed by atoms with van der Waals surface area (Å²) in [6.07, 6.45) is 1.02. The molecule has 0 spiro atoms. The minimum Gasteiger partial charge on any atom is -0.378 e. The minimum atomic E-state index is 0.280. The molecule has 4 aromatic carbocycles. The Balaban J connectivity index is 1.61. The molecule has 0 saturated carbocycles. The minimum absolute atomic E-state index is 0.280. The number of fused-ring (bicyclic) bond motifs is 4. The maximum Gasteiger partial charge on any atom is 0.0635 e. The van der Waals surface area contributed by atoms with Gasteiger partial charge in [0.25, 0.3) is 0 Å². The van der Waals surface area contributed by atoms with Crippen LogP contribution in [0.1, 0.15) is 29.6 Å². The van der Waals surface area contributed by atoms with Gasteiger partial charge in [-0.3, -0.25) is 0 Å². The van der Waals surface area contributed by atoms with Crippen LogP contribution in [0.4, 0.5) is 5.69 Å². The normalized spacial score (nSPS) is 18.5. The van der Waals surface area contributed by atoms with Crippen LogP contribution in [0.5, 0.6) is 0 Å². The molecule has 0 bridgehead atoms. The van der Waals surface area contributed by atoms with Crippen molar-refractivity contribution in [1.82, 2.24) is 4.57 Å². The molecule has 0 unspecified atom stereocenters.